The highest BCUT2D eigenvalue weighted by Crippen LogP contribution is 2.49. The summed E-state index contributed by atoms with van der Waals surface area (Å²) in [5.41, 5.74) is 0.415. The van der Waals surface area contributed by atoms with Crippen molar-refractivity contribution in [2.24, 2.45) is 11.3 Å². The molecule has 0 spiro atoms. The predicted molar refractivity (Wildman–Crippen MR) is 67.6 cm³/mol. The molecule has 0 aromatic carbocycles. The van der Waals surface area contributed by atoms with E-state index in [9.17, 15) is 0 Å². The molecule has 0 heterocycles. The number of hydrogen-bond donors (Lipinski definition) is 1. The summed E-state index contributed by atoms with van der Waals surface area (Å²) < 4.78 is 6.12. The maximum atomic E-state index is 6.12. The van der Waals surface area contributed by atoms with Gasteiger partial charge in [-0.05, 0) is 38.6 Å². The molecule has 0 aliphatic heterocycles. The summed E-state index contributed by atoms with van der Waals surface area (Å²) in [4.78, 5) is 0. The Morgan fingerprint density at radius 3 is 2.44 bits per heavy atom. The Kier molecular flexibility index (Phi) is 3.91. The molecule has 0 amide bonds. The topological polar surface area (TPSA) is 21.3 Å². The molecule has 2 saturated carbocycles. The van der Waals surface area contributed by atoms with Crippen molar-refractivity contribution in [2.45, 2.75) is 64.5 Å². The van der Waals surface area contributed by atoms with Crippen LogP contribution in [0.25, 0.3) is 0 Å². The van der Waals surface area contributed by atoms with Crippen molar-refractivity contribution in [1.82, 2.24) is 5.32 Å². The predicted octanol–water partition coefficient (Wildman–Crippen LogP) is 2.97. The average Bonchev–Trinajstić information content (AvgIpc) is 3.08. The second-order valence-corrected chi connectivity index (χ2v) is 5.61. The van der Waals surface area contributed by atoms with Crippen LogP contribution in [0.15, 0.2) is 0 Å². The SMILES string of the molecule is CCC1(CC)C(NC)CC1OCCC1CC1. The Morgan fingerprint density at radius 1 is 1.25 bits per heavy atom. The molecule has 2 nitrogen and oxygen atoms in total. The second-order valence-electron chi connectivity index (χ2n) is 5.61. The van der Waals surface area contributed by atoms with Crippen LogP contribution in [0.3, 0.4) is 0 Å². The minimum atomic E-state index is 0.415. The smallest absolute Gasteiger partial charge is 0.0661 e. The molecule has 0 radical (unpaired) electrons. The normalized spacial score (nSPS) is 32.4. The molecule has 2 fully saturated rings. The van der Waals surface area contributed by atoms with Crippen LogP contribution < -0.4 is 5.32 Å². The molecule has 2 aliphatic rings. The van der Waals surface area contributed by atoms with Gasteiger partial charge in [0.1, 0.15) is 0 Å². The van der Waals surface area contributed by atoms with Crippen LogP contribution in [0.5, 0.6) is 0 Å². The fourth-order valence-electron chi connectivity index (χ4n) is 3.37. The third kappa shape index (κ3) is 2.14. The highest BCUT2D eigenvalue weighted by atomic mass is 16.5. The van der Waals surface area contributed by atoms with Crippen LogP contribution in [-0.2, 0) is 4.74 Å². The molecular formula is C14H27NO. The summed E-state index contributed by atoms with van der Waals surface area (Å²) >= 11 is 0. The first-order valence-corrected chi connectivity index (χ1v) is 7.05. The van der Waals surface area contributed by atoms with Crippen LogP contribution >= 0.6 is 0 Å². The molecule has 16 heavy (non-hydrogen) atoms. The standard InChI is InChI=1S/C14H27NO/c1-4-14(5-2)12(15-3)10-13(14)16-9-8-11-6-7-11/h11-13,15H,4-10H2,1-3H3. The lowest BCUT2D eigenvalue weighted by molar-refractivity contribution is -0.140. The zero-order chi connectivity index (χ0) is 11.6. The van der Waals surface area contributed by atoms with E-state index in [0.29, 0.717) is 17.6 Å². The molecule has 2 atom stereocenters. The first kappa shape index (κ1) is 12.4. The van der Waals surface area contributed by atoms with E-state index in [4.69, 9.17) is 4.74 Å². The van der Waals surface area contributed by atoms with Crippen LogP contribution in [-0.4, -0.2) is 25.8 Å². The summed E-state index contributed by atoms with van der Waals surface area (Å²) in [7, 11) is 2.09. The van der Waals surface area contributed by atoms with Gasteiger partial charge in [-0.1, -0.05) is 26.7 Å². The minimum absolute atomic E-state index is 0.415. The summed E-state index contributed by atoms with van der Waals surface area (Å²) in [5.74, 6) is 0.998. The van der Waals surface area contributed by atoms with Gasteiger partial charge >= 0.3 is 0 Å². The molecule has 2 unspecified atom stereocenters. The number of rotatable bonds is 7. The zero-order valence-corrected chi connectivity index (χ0v) is 11.1. The lowest BCUT2D eigenvalue weighted by Crippen LogP contribution is -2.62. The van der Waals surface area contributed by atoms with Crippen molar-refractivity contribution in [3.8, 4) is 0 Å². The van der Waals surface area contributed by atoms with E-state index in [1.165, 1.54) is 38.5 Å². The molecule has 2 rings (SSSR count). The average molecular weight is 225 g/mol. The van der Waals surface area contributed by atoms with Crippen molar-refractivity contribution < 1.29 is 4.74 Å². The lowest BCUT2D eigenvalue weighted by atomic mass is 9.58. The fourth-order valence-corrected chi connectivity index (χ4v) is 3.37. The van der Waals surface area contributed by atoms with Gasteiger partial charge in [-0.15, -0.1) is 0 Å². The largest absolute Gasteiger partial charge is 0.378 e. The molecule has 0 saturated heterocycles. The summed E-state index contributed by atoms with van der Waals surface area (Å²) in [5, 5.41) is 3.46. The molecule has 2 heteroatoms. The van der Waals surface area contributed by atoms with E-state index >= 15 is 0 Å². The Bertz CT molecular complexity index is 221. The van der Waals surface area contributed by atoms with E-state index in [-0.39, 0.29) is 0 Å². The molecule has 0 aromatic rings. The van der Waals surface area contributed by atoms with Crippen molar-refractivity contribution in [2.75, 3.05) is 13.7 Å². The van der Waals surface area contributed by atoms with E-state index in [2.05, 4.69) is 26.2 Å². The second kappa shape index (κ2) is 5.05. The first-order valence-electron chi connectivity index (χ1n) is 7.05. The van der Waals surface area contributed by atoms with Crippen LogP contribution in [0.4, 0.5) is 0 Å². The van der Waals surface area contributed by atoms with Crippen LogP contribution in [0.2, 0.25) is 0 Å². The van der Waals surface area contributed by atoms with Gasteiger partial charge in [0.05, 0.1) is 6.10 Å². The Balaban J connectivity index is 1.79. The summed E-state index contributed by atoms with van der Waals surface area (Å²) in [6.07, 6.45) is 8.39. The van der Waals surface area contributed by atoms with Gasteiger partial charge in [0.25, 0.3) is 0 Å². The van der Waals surface area contributed by atoms with E-state index in [0.717, 1.165) is 12.5 Å². The Morgan fingerprint density at radius 2 is 1.94 bits per heavy atom. The van der Waals surface area contributed by atoms with Gasteiger partial charge in [0, 0.05) is 18.1 Å². The summed E-state index contributed by atoms with van der Waals surface area (Å²) in [6.45, 7) is 5.61. The van der Waals surface area contributed by atoms with Crippen molar-refractivity contribution >= 4 is 0 Å². The highest BCUT2D eigenvalue weighted by Gasteiger charge is 2.52. The molecule has 0 bridgehead atoms. The van der Waals surface area contributed by atoms with Crippen molar-refractivity contribution in [3.63, 3.8) is 0 Å². The Labute approximate surface area is 100 Å². The molecular weight excluding hydrogens is 198 g/mol. The third-order valence-corrected chi connectivity index (χ3v) is 4.99. The van der Waals surface area contributed by atoms with Gasteiger partial charge < -0.3 is 10.1 Å². The number of ether oxygens (including phenoxy) is 1. The molecule has 2 aliphatic carbocycles. The molecule has 0 aromatic heterocycles. The maximum Gasteiger partial charge on any atom is 0.0661 e. The third-order valence-electron chi connectivity index (χ3n) is 4.99. The van der Waals surface area contributed by atoms with Gasteiger partial charge in [0.15, 0.2) is 0 Å². The number of hydrogen-bond acceptors (Lipinski definition) is 2. The lowest BCUT2D eigenvalue weighted by Gasteiger charge is -2.55. The maximum absolute atomic E-state index is 6.12. The zero-order valence-electron chi connectivity index (χ0n) is 11.1. The quantitative estimate of drug-likeness (QED) is 0.719. The van der Waals surface area contributed by atoms with Crippen molar-refractivity contribution in [1.29, 1.82) is 0 Å². The molecule has 94 valence electrons. The monoisotopic (exact) mass is 225 g/mol. The van der Waals surface area contributed by atoms with Crippen LogP contribution in [0.1, 0.15) is 52.4 Å². The van der Waals surface area contributed by atoms with Crippen LogP contribution in [0, 0.1) is 11.3 Å². The first-order chi connectivity index (χ1) is 7.76. The highest BCUT2D eigenvalue weighted by molar-refractivity contribution is 5.06. The van der Waals surface area contributed by atoms with Gasteiger partial charge in [-0.2, -0.15) is 0 Å². The van der Waals surface area contributed by atoms with E-state index in [1.54, 1.807) is 0 Å². The van der Waals surface area contributed by atoms with E-state index < -0.39 is 0 Å². The number of nitrogens with one attached hydrogen (secondary N) is 1. The van der Waals surface area contributed by atoms with Gasteiger partial charge in [-0.25, -0.2) is 0 Å². The van der Waals surface area contributed by atoms with Gasteiger partial charge in [-0.3, -0.25) is 0 Å². The van der Waals surface area contributed by atoms with Crippen molar-refractivity contribution in [3.05, 3.63) is 0 Å². The Hall–Kier alpha value is -0.0800. The van der Waals surface area contributed by atoms with E-state index in [1.807, 2.05) is 0 Å². The summed E-state index contributed by atoms with van der Waals surface area (Å²) in [6, 6.07) is 0.674. The molecule has 1 N–H and O–H groups in total. The minimum Gasteiger partial charge on any atom is -0.378 e. The fraction of sp³-hybridized carbons (Fsp3) is 1.00. The van der Waals surface area contributed by atoms with Gasteiger partial charge in [0.2, 0.25) is 0 Å².